The number of carbonyl (C=O) groups excluding carboxylic acids is 1. The molecular formula is C24H28N2O2. The fourth-order valence-corrected chi connectivity index (χ4v) is 3.46. The van der Waals surface area contributed by atoms with E-state index in [9.17, 15) is 4.79 Å². The Morgan fingerprint density at radius 2 is 1.86 bits per heavy atom. The largest absolute Gasteiger partial charge is 0.469 e. The van der Waals surface area contributed by atoms with E-state index < -0.39 is 0 Å². The number of fused-ring (bicyclic) bond motifs is 1. The van der Waals surface area contributed by atoms with E-state index in [1.807, 2.05) is 36.7 Å². The molecule has 1 heterocycles. The van der Waals surface area contributed by atoms with Crippen LogP contribution >= 0.6 is 0 Å². The van der Waals surface area contributed by atoms with Crippen LogP contribution in [-0.2, 0) is 22.5 Å². The second kappa shape index (κ2) is 10.00. The lowest BCUT2D eigenvalue weighted by molar-refractivity contribution is -0.145. The molecule has 0 radical (unpaired) electrons. The number of ether oxygens (including phenoxy) is 1. The molecule has 0 amide bonds. The zero-order chi connectivity index (χ0) is 19.8. The monoisotopic (exact) mass is 376 g/mol. The van der Waals surface area contributed by atoms with Gasteiger partial charge in [-0.15, -0.1) is 0 Å². The van der Waals surface area contributed by atoms with Gasteiger partial charge < -0.3 is 10.1 Å². The summed E-state index contributed by atoms with van der Waals surface area (Å²) in [5, 5.41) is 5.93. The van der Waals surface area contributed by atoms with Crippen LogP contribution in [0.25, 0.3) is 10.8 Å². The van der Waals surface area contributed by atoms with Crippen LogP contribution in [-0.4, -0.2) is 24.1 Å². The third-order valence-electron chi connectivity index (χ3n) is 5.17. The Kier molecular flexibility index (Phi) is 7.15. The van der Waals surface area contributed by atoms with Crippen LogP contribution in [0.2, 0.25) is 0 Å². The topological polar surface area (TPSA) is 51.2 Å². The molecule has 0 fully saturated rings. The van der Waals surface area contributed by atoms with Gasteiger partial charge in [-0.05, 0) is 54.8 Å². The van der Waals surface area contributed by atoms with Crippen molar-refractivity contribution in [3.05, 3.63) is 78.1 Å². The Labute approximate surface area is 166 Å². The number of benzene rings is 2. The minimum absolute atomic E-state index is 0.107. The first-order chi connectivity index (χ1) is 13.7. The lowest BCUT2D eigenvalue weighted by Gasteiger charge is -2.19. The van der Waals surface area contributed by atoms with Crippen LogP contribution in [0, 0.1) is 5.92 Å². The minimum atomic E-state index is -0.126. The summed E-state index contributed by atoms with van der Waals surface area (Å²) >= 11 is 0. The number of hydrogen-bond donors (Lipinski definition) is 1. The van der Waals surface area contributed by atoms with Crippen molar-refractivity contribution in [2.24, 2.45) is 5.92 Å². The van der Waals surface area contributed by atoms with E-state index in [2.05, 4.69) is 47.6 Å². The molecule has 0 spiro atoms. The predicted molar refractivity (Wildman–Crippen MR) is 113 cm³/mol. The number of methoxy groups -OCH3 is 1. The average molecular weight is 377 g/mol. The zero-order valence-electron chi connectivity index (χ0n) is 16.6. The van der Waals surface area contributed by atoms with Crippen LogP contribution in [0.3, 0.4) is 0 Å². The summed E-state index contributed by atoms with van der Waals surface area (Å²) in [6, 6.07) is 18.9. The van der Waals surface area contributed by atoms with Gasteiger partial charge in [-0.1, -0.05) is 42.5 Å². The normalized spacial score (nSPS) is 13.2. The fraction of sp³-hybridized carbons (Fsp3) is 0.333. The third-order valence-corrected chi connectivity index (χ3v) is 5.17. The lowest BCUT2D eigenvalue weighted by Crippen LogP contribution is -2.28. The van der Waals surface area contributed by atoms with Crippen molar-refractivity contribution in [2.45, 2.75) is 38.8 Å². The van der Waals surface area contributed by atoms with Gasteiger partial charge in [-0.2, -0.15) is 0 Å². The van der Waals surface area contributed by atoms with Crippen LogP contribution in [0.1, 0.15) is 30.9 Å². The number of esters is 1. The van der Waals surface area contributed by atoms with E-state index in [-0.39, 0.29) is 11.9 Å². The summed E-state index contributed by atoms with van der Waals surface area (Å²) in [6.45, 7) is 2.98. The number of hydrogen-bond acceptors (Lipinski definition) is 4. The van der Waals surface area contributed by atoms with Crippen molar-refractivity contribution in [1.29, 1.82) is 0 Å². The molecule has 2 aromatic carbocycles. The summed E-state index contributed by atoms with van der Waals surface area (Å²) < 4.78 is 5.02. The highest BCUT2D eigenvalue weighted by Gasteiger charge is 2.20. The molecule has 1 aromatic heterocycles. The van der Waals surface area contributed by atoms with E-state index in [4.69, 9.17) is 4.74 Å². The summed E-state index contributed by atoms with van der Waals surface area (Å²) in [5.74, 6) is -0.232. The Hall–Kier alpha value is -2.72. The van der Waals surface area contributed by atoms with E-state index >= 15 is 0 Å². The molecule has 0 aliphatic rings. The van der Waals surface area contributed by atoms with Gasteiger partial charge in [0.2, 0.25) is 0 Å². The van der Waals surface area contributed by atoms with Crippen LogP contribution in [0.15, 0.2) is 67.0 Å². The van der Waals surface area contributed by atoms with Crippen molar-refractivity contribution < 1.29 is 9.53 Å². The van der Waals surface area contributed by atoms with E-state index in [0.29, 0.717) is 6.04 Å². The molecule has 0 aliphatic carbocycles. The summed E-state index contributed by atoms with van der Waals surface area (Å²) in [5.41, 5.74) is 2.42. The molecule has 2 atom stereocenters. The standard InChI is InChI=1S/C24H28N2O2/c1-18(26-16-20-9-11-23-17-25-13-12-21(23)15-20)8-10-22(24(27)28-2)14-19-6-4-3-5-7-19/h3-7,9,11-13,15,17-18,22,26H,8,10,14,16H2,1-2H3/t18-,22+/m1/s1. The van der Waals surface area contributed by atoms with Crippen molar-refractivity contribution in [3.8, 4) is 0 Å². The summed E-state index contributed by atoms with van der Waals surface area (Å²) in [4.78, 5) is 16.3. The van der Waals surface area contributed by atoms with E-state index in [1.165, 1.54) is 23.6 Å². The molecular weight excluding hydrogens is 348 g/mol. The molecule has 0 unspecified atom stereocenters. The Bertz CT molecular complexity index is 895. The maximum Gasteiger partial charge on any atom is 0.308 e. The molecule has 0 saturated heterocycles. The molecule has 0 aliphatic heterocycles. The van der Waals surface area contributed by atoms with Crippen molar-refractivity contribution in [3.63, 3.8) is 0 Å². The van der Waals surface area contributed by atoms with Gasteiger partial charge in [0.1, 0.15) is 0 Å². The summed E-state index contributed by atoms with van der Waals surface area (Å²) in [7, 11) is 1.47. The quantitative estimate of drug-likeness (QED) is 0.558. The molecule has 146 valence electrons. The van der Waals surface area contributed by atoms with Gasteiger partial charge in [-0.3, -0.25) is 9.78 Å². The third kappa shape index (κ3) is 5.64. The highest BCUT2D eigenvalue weighted by molar-refractivity contribution is 5.82. The van der Waals surface area contributed by atoms with Gasteiger partial charge in [0, 0.05) is 30.4 Å². The molecule has 4 nitrogen and oxygen atoms in total. The van der Waals surface area contributed by atoms with Gasteiger partial charge >= 0.3 is 5.97 Å². The Morgan fingerprint density at radius 1 is 1.04 bits per heavy atom. The molecule has 28 heavy (non-hydrogen) atoms. The Balaban J connectivity index is 1.52. The number of nitrogens with zero attached hydrogens (tertiary/aromatic N) is 1. The number of pyridine rings is 1. The molecule has 1 N–H and O–H groups in total. The maximum absolute atomic E-state index is 12.2. The van der Waals surface area contributed by atoms with Gasteiger partial charge in [-0.25, -0.2) is 0 Å². The first-order valence-corrected chi connectivity index (χ1v) is 9.83. The smallest absolute Gasteiger partial charge is 0.308 e. The molecule has 0 bridgehead atoms. The minimum Gasteiger partial charge on any atom is -0.469 e. The second-order valence-electron chi connectivity index (χ2n) is 7.33. The molecule has 4 heteroatoms. The van der Waals surface area contributed by atoms with E-state index in [0.717, 1.165) is 31.2 Å². The maximum atomic E-state index is 12.2. The van der Waals surface area contributed by atoms with Gasteiger partial charge in [0.25, 0.3) is 0 Å². The fourth-order valence-electron chi connectivity index (χ4n) is 3.46. The van der Waals surface area contributed by atoms with Crippen LogP contribution in [0.5, 0.6) is 0 Å². The number of carbonyl (C=O) groups is 1. The van der Waals surface area contributed by atoms with Crippen molar-refractivity contribution in [2.75, 3.05) is 7.11 Å². The Morgan fingerprint density at radius 3 is 2.64 bits per heavy atom. The first kappa shape index (κ1) is 20.0. The number of rotatable bonds is 9. The summed E-state index contributed by atoms with van der Waals surface area (Å²) in [6.07, 6.45) is 6.15. The van der Waals surface area contributed by atoms with Gasteiger partial charge in [0.15, 0.2) is 0 Å². The first-order valence-electron chi connectivity index (χ1n) is 9.83. The van der Waals surface area contributed by atoms with E-state index in [1.54, 1.807) is 0 Å². The van der Waals surface area contributed by atoms with Crippen LogP contribution in [0.4, 0.5) is 0 Å². The lowest BCUT2D eigenvalue weighted by atomic mass is 9.93. The average Bonchev–Trinajstić information content (AvgIpc) is 2.75. The zero-order valence-corrected chi connectivity index (χ0v) is 16.6. The number of aromatic nitrogens is 1. The number of nitrogens with one attached hydrogen (secondary N) is 1. The molecule has 0 saturated carbocycles. The predicted octanol–water partition coefficient (Wildman–Crippen LogP) is 4.53. The second-order valence-corrected chi connectivity index (χ2v) is 7.33. The van der Waals surface area contributed by atoms with Crippen molar-refractivity contribution >= 4 is 16.7 Å². The van der Waals surface area contributed by atoms with Crippen molar-refractivity contribution in [1.82, 2.24) is 10.3 Å². The van der Waals surface area contributed by atoms with Crippen LogP contribution < -0.4 is 5.32 Å². The SMILES string of the molecule is COC(=O)[C@@H](CC[C@@H](C)NCc1ccc2cnccc2c1)Cc1ccccc1. The molecule has 3 aromatic rings. The van der Waals surface area contributed by atoms with Gasteiger partial charge in [0.05, 0.1) is 13.0 Å². The highest BCUT2D eigenvalue weighted by Crippen LogP contribution is 2.18. The molecule has 3 rings (SSSR count). The highest BCUT2D eigenvalue weighted by atomic mass is 16.5.